The van der Waals surface area contributed by atoms with E-state index in [2.05, 4.69) is 20.8 Å². The van der Waals surface area contributed by atoms with Gasteiger partial charge in [0.05, 0.1) is 12.9 Å². The monoisotopic (exact) mass is 467 g/mol. The van der Waals surface area contributed by atoms with Crippen LogP contribution in [0.2, 0.25) is 0 Å². The molecular weight excluding hydrogens is 442 g/mol. The van der Waals surface area contributed by atoms with E-state index in [4.69, 9.17) is 14.2 Å². The van der Waals surface area contributed by atoms with Crippen molar-refractivity contribution in [2.75, 3.05) is 18.2 Å². The number of hydrogen-bond donors (Lipinski definition) is 1. The van der Waals surface area contributed by atoms with Crippen molar-refractivity contribution in [3.63, 3.8) is 0 Å². The van der Waals surface area contributed by atoms with Gasteiger partial charge in [-0.2, -0.15) is 4.68 Å². The molecule has 1 aliphatic carbocycles. The van der Waals surface area contributed by atoms with Crippen LogP contribution in [0.4, 0.5) is 5.69 Å². The van der Waals surface area contributed by atoms with Gasteiger partial charge >= 0.3 is 0 Å². The molecule has 1 aliphatic heterocycles. The third-order valence-corrected chi connectivity index (χ3v) is 6.69. The Labute approximate surface area is 195 Å². The number of fused-ring (bicyclic) bond motifs is 1. The van der Waals surface area contributed by atoms with Crippen LogP contribution in [0.3, 0.4) is 0 Å². The first kappa shape index (κ1) is 21.6. The maximum Gasteiger partial charge on any atom is 0.251 e. The van der Waals surface area contributed by atoms with Crippen LogP contribution >= 0.6 is 11.8 Å². The number of benzene rings is 2. The smallest absolute Gasteiger partial charge is 0.251 e. The molecule has 0 saturated heterocycles. The fourth-order valence-electron chi connectivity index (χ4n) is 4.18. The summed E-state index contributed by atoms with van der Waals surface area (Å²) >= 11 is 1.25. The maximum absolute atomic E-state index is 12.6. The molecule has 2 aromatic carbocycles. The van der Waals surface area contributed by atoms with E-state index in [1.807, 2.05) is 43.3 Å². The lowest BCUT2D eigenvalue weighted by molar-refractivity contribution is -0.113. The molecule has 1 amide bonds. The van der Waals surface area contributed by atoms with Crippen molar-refractivity contribution in [3.8, 4) is 22.9 Å². The number of nitrogens with zero attached hydrogens (tertiary/aromatic N) is 4. The Hall–Kier alpha value is -3.27. The van der Waals surface area contributed by atoms with Gasteiger partial charge < -0.3 is 19.5 Å². The quantitative estimate of drug-likeness (QED) is 0.540. The van der Waals surface area contributed by atoms with Crippen LogP contribution in [0.1, 0.15) is 37.7 Å². The second kappa shape index (κ2) is 8.93. The molecule has 1 saturated carbocycles. The van der Waals surface area contributed by atoms with E-state index in [-0.39, 0.29) is 11.7 Å². The van der Waals surface area contributed by atoms with Crippen LogP contribution in [0.25, 0.3) is 5.69 Å². The molecule has 2 heterocycles. The number of methoxy groups -OCH3 is 1. The zero-order chi connectivity index (χ0) is 22.8. The lowest BCUT2D eigenvalue weighted by Gasteiger charge is -2.31. The number of aryl methyl sites for hydroxylation is 1. The van der Waals surface area contributed by atoms with Crippen molar-refractivity contribution in [2.24, 2.45) is 0 Å². The Balaban J connectivity index is 1.23. The van der Waals surface area contributed by atoms with Crippen molar-refractivity contribution in [1.29, 1.82) is 0 Å². The third kappa shape index (κ3) is 4.47. The molecule has 1 aromatic heterocycles. The number of hydrogen-bond acceptors (Lipinski definition) is 8. The molecule has 0 bridgehead atoms. The zero-order valence-corrected chi connectivity index (χ0v) is 19.4. The Bertz CT molecular complexity index is 1180. The zero-order valence-electron chi connectivity index (χ0n) is 18.5. The minimum Gasteiger partial charge on any atom is -0.494 e. The number of thioether (sulfide) groups is 1. The first-order valence-electron chi connectivity index (χ1n) is 10.9. The fourth-order valence-corrected chi connectivity index (χ4v) is 4.86. The van der Waals surface area contributed by atoms with E-state index >= 15 is 0 Å². The molecule has 5 rings (SSSR count). The van der Waals surface area contributed by atoms with Crippen molar-refractivity contribution < 1.29 is 19.0 Å². The van der Waals surface area contributed by atoms with Gasteiger partial charge in [0.15, 0.2) is 11.5 Å². The lowest BCUT2D eigenvalue weighted by atomic mass is 9.94. The van der Waals surface area contributed by atoms with Crippen molar-refractivity contribution >= 4 is 23.4 Å². The molecule has 1 N–H and O–H groups in total. The summed E-state index contributed by atoms with van der Waals surface area (Å²) in [5.74, 6) is 1.50. The van der Waals surface area contributed by atoms with Crippen LogP contribution in [-0.2, 0) is 4.79 Å². The van der Waals surface area contributed by atoms with E-state index in [1.165, 1.54) is 18.2 Å². The fraction of sp³-hybridized carbons (Fsp3) is 0.391. The molecule has 0 unspecified atom stereocenters. The van der Waals surface area contributed by atoms with Crippen molar-refractivity contribution in [3.05, 3.63) is 42.0 Å². The lowest BCUT2D eigenvalue weighted by Crippen LogP contribution is -2.40. The standard InChI is InChI=1S/C23H25N5O4S/c1-15-6-8-18(30-2)17(12-15)28-22(25-26-27-28)33-14-21(29)24-16-7-9-19-20(13-16)32-23(31-19)10-4-3-5-11-23/h6-9,12-13H,3-5,10-11,14H2,1-2H3,(H,24,29). The third-order valence-electron chi connectivity index (χ3n) is 5.77. The molecule has 0 atom stereocenters. The number of anilines is 1. The predicted molar refractivity (Wildman–Crippen MR) is 123 cm³/mol. The van der Waals surface area contributed by atoms with Gasteiger partial charge in [-0.1, -0.05) is 24.2 Å². The molecule has 33 heavy (non-hydrogen) atoms. The van der Waals surface area contributed by atoms with Gasteiger partial charge in [0.1, 0.15) is 11.4 Å². The first-order chi connectivity index (χ1) is 16.0. The highest BCUT2D eigenvalue weighted by Gasteiger charge is 2.42. The number of aromatic nitrogens is 4. The van der Waals surface area contributed by atoms with Crippen LogP contribution in [0.5, 0.6) is 17.2 Å². The van der Waals surface area contributed by atoms with Crippen LogP contribution in [0, 0.1) is 6.92 Å². The van der Waals surface area contributed by atoms with E-state index in [0.29, 0.717) is 22.3 Å². The minimum absolute atomic E-state index is 0.146. The minimum atomic E-state index is -0.535. The normalized spacial score (nSPS) is 16.1. The predicted octanol–water partition coefficient (Wildman–Crippen LogP) is 4.14. The topological polar surface area (TPSA) is 100 Å². The number of carbonyl (C=O) groups excluding carboxylic acids is 1. The van der Waals surface area contributed by atoms with Crippen LogP contribution in [0.15, 0.2) is 41.6 Å². The number of ether oxygens (including phenoxy) is 3. The van der Waals surface area contributed by atoms with Crippen molar-refractivity contribution in [2.45, 2.75) is 50.0 Å². The van der Waals surface area contributed by atoms with Gasteiger partial charge in [-0.15, -0.1) is 5.10 Å². The summed E-state index contributed by atoms with van der Waals surface area (Å²) in [5, 5.41) is 15.3. The van der Waals surface area contributed by atoms with Crippen LogP contribution < -0.4 is 19.5 Å². The van der Waals surface area contributed by atoms with Crippen molar-refractivity contribution in [1.82, 2.24) is 20.2 Å². The SMILES string of the molecule is COc1ccc(C)cc1-n1nnnc1SCC(=O)Nc1ccc2c(c1)OC1(CCCCC1)O2. The number of nitrogens with one attached hydrogen (secondary N) is 1. The molecule has 9 nitrogen and oxygen atoms in total. The molecule has 172 valence electrons. The number of carbonyl (C=O) groups is 1. The second-order valence-corrected chi connectivity index (χ2v) is 9.16. The molecule has 3 aromatic rings. The molecule has 10 heteroatoms. The largest absolute Gasteiger partial charge is 0.494 e. The van der Waals surface area contributed by atoms with Gasteiger partial charge in [0.2, 0.25) is 11.1 Å². The molecule has 1 spiro atoms. The van der Waals surface area contributed by atoms with E-state index in [0.717, 1.165) is 42.7 Å². The Morgan fingerprint density at radius 3 is 2.79 bits per heavy atom. The second-order valence-electron chi connectivity index (χ2n) is 8.22. The summed E-state index contributed by atoms with van der Waals surface area (Å²) in [6, 6.07) is 11.3. The summed E-state index contributed by atoms with van der Waals surface area (Å²) in [7, 11) is 1.60. The summed E-state index contributed by atoms with van der Waals surface area (Å²) in [5.41, 5.74) is 2.43. The number of rotatable bonds is 6. The maximum atomic E-state index is 12.6. The molecule has 1 fully saturated rings. The average Bonchev–Trinajstić information content (AvgIpc) is 3.42. The highest BCUT2D eigenvalue weighted by molar-refractivity contribution is 7.99. The summed E-state index contributed by atoms with van der Waals surface area (Å²) in [4.78, 5) is 12.6. The highest BCUT2D eigenvalue weighted by atomic mass is 32.2. The molecule has 0 radical (unpaired) electrons. The van der Waals surface area contributed by atoms with Gasteiger partial charge in [-0.25, -0.2) is 0 Å². The van der Waals surface area contributed by atoms with Gasteiger partial charge in [0.25, 0.3) is 5.79 Å². The number of amides is 1. The summed E-state index contributed by atoms with van der Waals surface area (Å²) in [6.45, 7) is 1.98. The van der Waals surface area contributed by atoms with Crippen LogP contribution in [-0.4, -0.2) is 44.8 Å². The Kier molecular flexibility index (Phi) is 5.84. The average molecular weight is 468 g/mol. The Morgan fingerprint density at radius 2 is 1.97 bits per heavy atom. The first-order valence-corrected chi connectivity index (χ1v) is 11.9. The van der Waals surface area contributed by atoms with Gasteiger partial charge in [-0.05, 0) is 60.0 Å². The van der Waals surface area contributed by atoms with E-state index in [1.54, 1.807) is 11.8 Å². The molecular formula is C23H25N5O4S. The van der Waals surface area contributed by atoms with E-state index < -0.39 is 5.79 Å². The summed E-state index contributed by atoms with van der Waals surface area (Å²) < 4.78 is 19.3. The number of tetrazole rings is 1. The van der Waals surface area contributed by atoms with Gasteiger partial charge in [0, 0.05) is 24.6 Å². The van der Waals surface area contributed by atoms with E-state index in [9.17, 15) is 4.79 Å². The Morgan fingerprint density at radius 1 is 1.15 bits per heavy atom. The highest BCUT2D eigenvalue weighted by Crippen LogP contribution is 2.46. The molecule has 2 aliphatic rings. The summed E-state index contributed by atoms with van der Waals surface area (Å²) in [6.07, 6.45) is 5.19. The van der Waals surface area contributed by atoms with Gasteiger partial charge in [-0.3, -0.25) is 4.79 Å².